The average molecular weight is 206 g/mol. The molecule has 2 aliphatic rings. The van der Waals surface area contributed by atoms with Crippen molar-refractivity contribution in [2.24, 2.45) is 0 Å². The van der Waals surface area contributed by atoms with E-state index in [0.29, 0.717) is 0 Å². The molecular formula is C7H14N2O3S. The van der Waals surface area contributed by atoms with Gasteiger partial charge in [-0.05, 0) is 19.3 Å². The molecule has 0 radical (unpaired) electrons. The second kappa shape index (κ2) is 3.20. The molecule has 2 fully saturated rings. The van der Waals surface area contributed by atoms with Crippen molar-refractivity contribution < 1.29 is 13.2 Å². The van der Waals surface area contributed by atoms with E-state index < -0.39 is 10.2 Å². The molecule has 2 aliphatic heterocycles. The molecule has 2 bridgehead atoms. The Hall–Kier alpha value is -0.170. The number of nitrogens with one attached hydrogen (secondary N) is 2. The summed E-state index contributed by atoms with van der Waals surface area (Å²) in [5.74, 6) is 0. The predicted molar refractivity (Wildman–Crippen MR) is 47.4 cm³/mol. The highest BCUT2D eigenvalue weighted by molar-refractivity contribution is 7.87. The minimum absolute atomic E-state index is 0.0313. The highest BCUT2D eigenvalue weighted by Gasteiger charge is 2.42. The third-order valence-corrected chi connectivity index (χ3v) is 3.83. The Kier molecular flexibility index (Phi) is 2.31. The summed E-state index contributed by atoms with van der Waals surface area (Å²) < 4.78 is 32.6. The topological polar surface area (TPSA) is 67.4 Å². The van der Waals surface area contributed by atoms with Crippen molar-refractivity contribution in [2.75, 3.05) is 7.05 Å². The van der Waals surface area contributed by atoms with Crippen molar-refractivity contribution in [3.05, 3.63) is 0 Å². The minimum atomic E-state index is -3.31. The van der Waals surface area contributed by atoms with Gasteiger partial charge in [-0.3, -0.25) is 0 Å². The minimum Gasteiger partial charge on any atom is -0.373 e. The van der Waals surface area contributed by atoms with E-state index in [1.54, 1.807) is 0 Å². The van der Waals surface area contributed by atoms with E-state index in [-0.39, 0.29) is 18.2 Å². The van der Waals surface area contributed by atoms with Gasteiger partial charge in [0.1, 0.15) is 0 Å². The van der Waals surface area contributed by atoms with Crippen molar-refractivity contribution in [1.29, 1.82) is 0 Å². The van der Waals surface area contributed by atoms with Gasteiger partial charge in [-0.25, -0.2) is 4.72 Å². The molecular weight excluding hydrogens is 192 g/mol. The molecule has 5 nitrogen and oxygen atoms in total. The van der Waals surface area contributed by atoms with E-state index in [9.17, 15) is 8.42 Å². The van der Waals surface area contributed by atoms with Crippen LogP contribution >= 0.6 is 0 Å². The van der Waals surface area contributed by atoms with Crippen molar-refractivity contribution in [3.8, 4) is 0 Å². The molecule has 13 heavy (non-hydrogen) atoms. The first-order valence-electron chi connectivity index (χ1n) is 4.47. The summed E-state index contributed by atoms with van der Waals surface area (Å²) in [4.78, 5) is 0. The molecule has 6 heteroatoms. The molecule has 2 rings (SSSR count). The van der Waals surface area contributed by atoms with Gasteiger partial charge in [-0.15, -0.1) is 0 Å². The molecule has 76 valence electrons. The van der Waals surface area contributed by atoms with Crippen molar-refractivity contribution >= 4 is 10.2 Å². The van der Waals surface area contributed by atoms with E-state index in [2.05, 4.69) is 9.44 Å². The molecule has 0 aromatic carbocycles. The predicted octanol–water partition coefficient (Wildman–Crippen LogP) is -0.640. The molecule has 0 saturated carbocycles. The van der Waals surface area contributed by atoms with Crippen LogP contribution in [0.15, 0.2) is 0 Å². The number of hydrogen-bond acceptors (Lipinski definition) is 3. The summed E-state index contributed by atoms with van der Waals surface area (Å²) >= 11 is 0. The van der Waals surface area contributed by atoms with Crippen LogP contribution in [0.25, 0.3) is 0 Å². The van der Waals surface area contributed by atoms with Gasteiger partial charge in [0.25, 0.3) is 10.2 Å². The van der Waals surface area contributed by atoms with Crippen LogP contribution in [0.3, 0.4) is 0 Å². The Morgan fingerprint density at radius 3 is 2.62 bits per heavy atom. The third kappa shape index (κ3) is 1.85. The zero-order valence-electron chi connectivity index (χ0n) is 7.49. The van der Waals surface area contributed by atoms with E-state index in [0.717, 1.165) is 19.3 Å². The summed E-state index contributed by atoms with van der Waals surface area (Å²) in [6.45, 7) is 0. The summed E-state index contributed by atoms with van der Waals surface area (Å²) in [5.41, 5.74) is 0. The quantitative estimate of drug-likeness (QED) is 0.645. The zero-order chi connectivity index (χ0) is 9.47. The lowest BCUT2D eigenvalue weighted by atomic mass is 9.96. The van der Waals surface area contributed by atoms with Crippen LogP contribution in [-0.2, 0) is 14.9 Å². The van der Waals surface area contributed by atoms with E-state index in [1.165, 1.54) is 7.05 Å². The first kappa shape index (κ1) is 9.39. The summed E-state index contributed by atoms with van der Waals surface area (Å²) in [6.07, 6.45) is 3.22. The molecule has 2 saturated heterocycles. The Morgan fingerprint density at radius 1 is 1.38 bits per heavy atom. The molecule has 3 unspecified atom stereocenters. The van der Waals surface area contributed by atoms with Crippen LogP contribution in [0.1, 0.15) is 19.3 Å². The van der Waals surface area contributed by atoms with Gasteiger partial charge in [-0.1, -0.05) is 0 Å². The van der Waals surface area contributed by atoms with Crippen LogP contribution in [0.4, 0.5) is 0 Å². The fourth-order valence-corrected chi connectivity index (χ4v) is 2.78. The van der Waals surface area contributed by atoms with Crippen LogP contribution in [0, 0.1) is 0 Å². The van der Waals surface area contributed by atoms with Gasteiger partial charge in [-0.2, -0.15) is 13.1 Å². The normalized spacial score (nSPS) is 38.4. The van der Waals surface area contributed by atoms with Gasteiger partial charge < -0.3 is 4.74 Å². The zero-order valence-corrected chi connectivity index (χ0v) is 8.30. The highest BCUT2D eigenvalue weighted by Crippen LogP contribution is 2.34. The fourth-order valence-electron chi connectivity index (χ4n) is 2.02. The maximum atomic E-state index is 11.2. The van der Waals surface area contributed by atoms with Gasteiger partial charge in [0, 0.05) is 7.05 Å². The second-order valence-electron chi connectivity index (χ2n) is 3.54. The lowest BCUT2D eigenvalue weighted by Crippen LogP contribution is -2.45. The number of ether oxygens (including phenoxy) is 1. The summed E-state index contributed by atoms with van der Waals surface area (Å²) in [6, 6.07) is -0.0313. The van der Waals surface area contributed by atoms with Gasteiger partial charge in [0.15, 0.2) is 0 Å². The molecule has 2 N–H and O–H groups in total. The standard InChI is InChI=1S/C7H14N2O3S/c1-8-13(10,11)9-6-4-5-2-3-7(6)12-5/h5-9H,2-4H2,1H3. The van der Waals surface area contributed by atoms with Crippen LogP contribution < -0.4 is 9.44 Å². The summed E-state index contributed by atoms with van der Waals surface area (Å²) in [7, 11) is -1.91. The molecule has 2 heterocycles. The molecule has 0 aliphatic carbocycles. The lowest BCUT2D eigenvalue weighted by molar-refractivity contribution is 0.0995. The third-order valence-electron chi connectivity index (χ3n) is 2.68. The fraction of sp³-hybridized carbons (Fsp3) is 1.00. The van der Waals surface area contributed by atoms with Gasteiger partial charge in [0.05, 0.1) is 18.2 Å². The van der Waals surface area contributed by atoms with Gasteiger partial charge in [0.2, 0.25) is 0 Å². The molecule has 3 atom stereocenters. The van der Waals surface area contributed by atoms with Gasteiger partial charge >= 0.3 is 0 Å². The molecule has 0 aromatic rings. The largest absolute Gasteiger partial charge is 0.373 e. The first-order valence-corrected chi connectivity index (χ1v) is 5.95. The Labute approximate surface area is 78.0 Å². The SMILES string of the molecule is CNS(=O)(=O)NC1CC2CCC1O2. The maximum absolute atomic E-state index is 11.2. The maximum Gasteiger partial charge on any atom is 0.277 e. The first-order chi connectivity index (χ1) is 6.11. The van der Waals surface area contributed by atoms with Crippen molar-refractivity contribution in [3.63, 3.8) is 0 Å². The Morgan fingerprint density at radius 2 is 2.15 bits per heavy atom. The monoisotopic (exact) mass is 206 g/mol. The number of rotatable bonds is 3. The highest BCUT2D eigenvalue weighted by atomic mass is 32.2. The van der Waals surface area contributed by atoms with E-state index >= 15 is 0 Å². The van der Waals surface area contributed by atoms with Crippen LogP contribution in [0.5, 0.6) is 0 Å². The van der Waals surface area contributed by atoms with Crippen LogP contribution in [0.2, 0.25) is 0 Å². The Bertz CT molecular complexity index is 290. The number of hydrogen-bond donors (Lipinski definition) is 2. The number of fused-ring (bicyclic) bond motifs is 2. The summed E-state index contributed by atoms with van der Waals surface area (Å²) in [5, 5.41) is 0. The molecule has 0 amide bonds. The average Bonchev–Trinajstić information content (AvgIpc) is 2.64. The van der Waals surface area contributed by atoms with Crippen molar-refractivity contribution in [2.45, 2.75) is 37.5 Å². The smallest absolute Gasteiger partial charge is 0.277 e. The van der Waals surface area contributed by atoms with E-state index in [4.69, 9.17) is 4.74 Å². The Balaban J connectivity index is 1.97. The van der Waals surface area contributed by atoms with E-state index in [1.807, 2.05) is 0 Å². The molecule has 0 aromatic heterocycles. The second-order valence-corrected chi connectivity index (χ2v) is 5.19. The lowest BCUT2D eigenvalue weighted by Gasteiger charge is -2.19. The van der Waals surface area contributed by atoms with Crippen molar-refractivity contribution in [1.82, 2.24) is 9.44 Å². The van der Waals surface area contributed by atoms with Crippen LogP contribution in [-0.4, -0.2) is 33.7 Å². The molecule has 0 spiro atoms.